The van der Waals surface area contributed by atoms with Gasteiger partial charge in [-0.1, -0.05) is 29.4 Å². The zero-order valence-corrected chi connectivity index (χ0v) is 9.94. The molecule has 17 heavy (non-hydrogen) atoms. The Hall–Kier alpha value is -1.81. The van der Waals surface area contributed by atoms with Crippen LogP contribution in [0.3, 0.4) is 0 Å². The molecule has 0 saturated heterocycles. The Bertz CT molecular complexity index is 519. The summed E-state index contributed by atoms with van der Waals surface area (Å²) in [5.74, 6) is 0. The van der Waals surface area contributed by atoms with Gasteiger partial charge in [-0.2, -0.15) is 0 Å². The van der Waals surface area contributed by atoms with Crippen LogP contribution in [0.4, 0.5) is 0 Å². The average Bonchev–Trinajstić information content (AvgIpc) is 2.79. The number of hydrogen-bond acceptors (Lipinski definition) is 4. The maximum absolute atomic E-state index is 12.0. The van der Waals surface area contributed by atoms with Crippen molar-refractivity contribution >= 4 is 16.9 Å². The Morgan fingerprint density at radius 2 is 2.18 bits per heavy atom. The topological polar surface area (TPSA) is 43.1 Å². The van der Waals surface area contributed by atoms with E-state index < -0.39 is 0 Å². The van der Waals surface area contributed by atoms with Gasteiger partial charge in [-0.05, 0) is 30.3 Å². The molecule has 0 radical (unpaired) electrons. The first kappa shape index (κ1) is 11.7. The molecule has 0 aliphatic carbocycles. The molecule has 1 aromatic heterocycles. The van der Waals surface area contributed by atoms with E-state index in [9.17, 15) is 4.79 Å². The zero-order chi connectivity index (χ0) is 12.1. The van der Waals surface area contributed by atoms with Crippen LogP contribution in [0, 0.1) is 0 Å². The first-order valence-corrected chi connectivity index (χ1v) is 5.94. The molecule has 4 heteroatoms. The number of nitrogens with zero attached hydrogens (tertiary/aromatic N) is 1. The van der Waals surface area contributed by atoms with Crippen molar-refractivity contribution in [1.82, 2.24) is 5.16 Å². The van der Waals surface area contributed by atoms with E-state index in [0.29, 0.717) is 12.1 Å². The number of carbonyl (C=O) groups is 1. The molecule has 0 unspecified atom stereocenters. The largest absolute Gasteiger partial charge is 0.364 e. The van der Waals surface area contributed by atoms with Gasteiger partial charge in [-0.15, -0.1) is 6.58 Å². The van der Waals surface area contributed by atoms with Gasteiger partial charge in [0.2, 0.25) is 5.12 Å². The summed E-state index contributed by atoms with van der Waals surface area (Å²) in [4.78, 5) is 12.9. The van der Waals surface area contributed by atoms with Crippen LogP contribution in [0.2, 0.25) is 0 Å². The molecule has 0 atom stereocenters. The van der Waals surface area contributed by atoms with Crippen LogP contribution in [0.5, 0.6) is 0 Å². The second-order valence-corrected chi connectivity index (χ2v) is 4.43. The summed E-state index contributed by atoms with van der Waals surface area (Å²) in [6.45, 7) is 3.63. The summed E-state index contributed by atoms with van der Waals surface area (Å²) in [5.41, 5.74) is 1.15. The highest BCUT2D eigenvalue weighted by atomic mass is 32.2. The Morgan fingerprint density at radius 3 is 2.88 bits per heavy atom. The molecule has 0 aliphatic heterocycles. The Balaban J connectivity index is 2.15. The van der Waals surface area contributed by atoms with Crippen molar-refractivity contribution in [3.63, 3.8) is 0 Å². The van der Waals surface area contributed by atoms with Gasteiger partial charge < -0.3 is 4.52 Å². The standard InChI is InChI=1S/C13H11NO2S/c1-2-6-10-9-16-14-12(10)13(15)17-11-7-4-3-5-8-11/h2-5,7-9H,1,6H2. The van der Waals surface area contributed by atoms with E-state index in [2.05, 4.69) is 11.7 Å². The molecule has 0 fully saturated rings. The molecule has 86 valence electrons. The number of thioether (sulfide) groups is 1. The third-order valence-corrected chi connectivity index (χ3v) is 3.04. The summed E-state index contributed by atoms with van der Waals surface area (Å²) in [6.07, 6.45) is 3.79. The lowest BCUT2D eigenvalue weighted by Gasteiger charge is -1.98. The number of allylic oxidation sites excluding steroid dienone is 1. The third kappa shape index (κ3) is 2.85. The number of hydrogen-bond donors (Lipinski definition) is 0. The smallest absolute Gasteiger partial charge is 0.246 e. The van der Waals surface area contributed by atoms with E-state index in [-0.39, 0.29) is 5.12 Å². The number of carbonyl (C=O) groups excluding carboxylic acids is 1. The third-order valence-electron chi connectivity index (χ3n) is 2.15. The zero-order valence-electron chi connectivity index (χ0n) is 9.13. The molecule has 0 aliphatic rings. The van der Waals surface area contributed by atoms with Crippen LogP contribution in [0.1, 0.15) is 16.1 Å². The first-order chi connectivity index (χ1) is 8.31. The van der Waals surface area contributed by atoms with E-state index in [1.54, 1.807) is 6.08 Å². The summed E-state index contributed by atoms with van der Waals surface area (Å²) in [5, 5.41) is 3.63. The summed E-state index contributed by atoms with van der Waals surface area (Å²) in [6, 6.07) is 9.46. The van der Waals surface area contributed by atoms with Crippen LogP contribution >= 0.6 is 11.8 Å². The molecule has 0 amide bonds. The lowest BCUT2D eigenvalue weighted by molar-refractivity contribution is 0.108. The lowest BCUT2D eigenvalue weighted by Crippen LogP contribution is -1.98. The van der Waals surface area contributed by atoms with Crippen LogP contribution in [0.15, 0.2) is 58.7 Å². The van der Waals surface area contributed by atoms with E-state index in [1.807, 2.05) is 30.3 Å². The number of aromatic nitrogens is 1. The van der Waals surface area contributed by atoms with E-state index in [0.717, 1.165) is 22.2 Å². The highest BCUT2D eigenvalue weighted by Crippen LogP contribution is 2.23. The molecule has 2 rings (SSSR count). The molecule has 1 heterocycles. The second-order valence-electron chi connectivity index (χ2n) is 3.38. The highest BCUT2D eigenvalue weighted by molar-refractivity contribution is 8.14. The number of benzene rings is 1. The molecule has 0 bridgehead atoms. The van der Waals surface area contributed by atoms with Gasteiger partial charge in [0.05, 0.1) is 0 Å². The molecule has 0 saturated carbocycles. The fourth-order valence-electron chi connectivity index (χ4n) is 1.37. The van der Waals surface area contributed by atoms with Gasteiger partial charge in [0.25, 0.3) is 0 Å². The summed E-state index contributed by atoms with van der Waals surface area (Å²) < 4.78 is 4.83. The predicted molar refractivity (Wildman–Crippen MR) is 67.0 cm³/mol. The molecule has 0 N–H and O–H groups in total. The second kappa shape index (κ2) is 5.50. The van der Waals surface area contributed by atoms with Crippen molar-refractivity contribution in [2.75, 3.05) is 0 Å². The SMILES string of the molecule is C=CCc1conc1C(=O)Sc1ccccc1. The molecule has 3 nitrogen and oxygen atoms in total. The normalized spacial score (nSPS) is 10.1. The molecule has 1 aromatic carbocycles. The minimum atomic E-state index is -0.109. The van der Waals surface area contributed by atoms with Crippen molar-refractivity contribution in [2.45, 2.75) is 11.3 Å². The van der Waals surface area contributed by atoms with Crippen molar-refractivity contribution < 1.29 is 9.32 Å². The fourth-order valence-corrected chi connectivity index (χ4v) is 2.14. The average molecular weight is 245 g/mol. The summed E-state index contributed by atoms with van der Waals surface area (Å²) in [7, 11) is 0. The maximum atomic E-state index is 12.0. The maximum Gasteiger partial charge on any atom is 0.246 e. The lowest BCUT2D eigenvalue weighted by atomic mass is 10.2. The minimum absolute atomic E-state index is 0.109. The Kier molecular flexibility index (Phi) is 3.77. The minimum Gasteiger partial charge on any atom is -0.364 e. The van der Waals surface area contributed by atoms with Gasteiger partial charge in [0, 0.05) is 10.5 Å². The van der Waals surface area contributed by atoms with Crippen molar-refractivity contribution in [2.24, 2.45) is 0 Å². The van der Waals surface area contributed by atoms with Gasteiger partial charge >= 0.3 is 0 Å². The van der Waals surface area contributed by atoms with Crippen molar-refractivity contribution in [1.29, 1.82) is 0 Å². The molecular weight excluding hydrogens is 234 g/mol. The molecule has 0 spiro atoms. The highest BCUT2D eigenvalue weighted by Gasteiger charge is 2.16. The van der Waals surface area contributed by atoms with Crippen LogP contribution < -0.4 is 0 Å². The van der Waals surface area contributed by atoms with Gasteiger partial charge in [-0.3, -0.25) is 4.79 Å². The van der Waals surface area contributed by atoms with Crippen LogP contribution in [-0.4, -0.2) is 10.3 Å². The Labute approximate surface area is 104 Å². The molecule has 2 aromatic rings. The monoisotopic (exact) mass is 245 g/mol. The fraction of sp³-hybridized carbons (Fsp3) is 0.0769. The van der Waals surface area contributed by atoms with E-state index >= 15 is 0 Å². The van der Waals surface area contributed by atoms with Gasteiger partial charge in [0.15, 0.2) is 5.69 Å². The summed E-state index contributed by atoms with van der Waals surface area (Å²) >= 11 is 1.15. The number of rotatable bonds is 4. The quantitative estimate of drug-likeness (QED) is 0.612. The van der Waals surface area contributed by atoms with Gasteiger partial charge in [0.1, 0.15) is 6.26 Å². The Morgan fingerprint density at radius 1 is 1.41 bits per heavy atom. The van der Waals surface area contributed by atoms with Crippen molar-refractivity contribution in [3.8, 4) is 0 Å². The van der Waals surface area contributed by atoms with Crippen LogP contribution in [-0.2, 0) is 6.42 Å². The van der Waals surface area contributed by atoms with Crippen LogP contribution in [0.25, 0.3) is 0 Å². The van der Waals surface area contributed by atoms with E-state index in [4.69, 9.17) is 4.52 Å². The van der Waals surface area contributed by atoms with Gasteiger partial charge in [-0.25, -0.2) is 0 Å². The molecular formula is C13H11NO2S. The first-order valence-electron chi connectivity index (χ1n) is 5.12. The van der Waals surface area contributed by atoms with Crippen molar-refractivity contribution in [3.05, 3.63) is 60.5 Å². The van der Waals surface area contributed by atoms with E-state index in [1.165, 1.54) is 6.26 Å². The predicted octanol–water partition coefficient (Wildman–Crippen LogP) is 3.34.